The van der Waals surface area contributed by atoms with Crippen molar-refractivity contribution in [2.75, 3.05) is 6.26 Å². The Morgan fingerprint density at radius 1 is 1.75 bits per heavy atom. The molecule has 12 heavy (non-hydrogen) atoms. The van der Waals surface area contributed by atoms with Gasteiger partial charge in [0, 0.05) is 6.07 Å². The minimum Gasteiger partial charge on any atom is -0.258 e. The summed E-state index contributed by atoms with van der Waals surface area (Å²) in [6, 6.07) is 1.29. The molecule has 64 valence electrons. The number of nitro groups is 1. The van der Waals surface area contributed by atoms with E-state index in [1.807, 2.05) is 0 Å². The predicted molar refractivity (Wildman–Crippen MR) is 47.7 cm³/mol. The van der Waals surface area contributed by atoms with Crippen LogP contribution in [0.5, 0.6) is 0 Å². The van der Waals surface area contributed by atoms with Crippen LogP contribution in [-0.4, -0.2) is 16.2 Å². The molecule has 0 aliphatic heterocycles. The normalized spacial score (nSPS) is 9.83. The van der Waals surface area contributed by atoms with Gasteiger partial charge in [-0.05, 0) is 6.26 Å². The third-order valence-electron chi connectivity index (χ3n) is 1.20. The zero-order valence-corrected chi connectivity index (χ0v) is 7.72. The number of hydrogen-bond acceptors (Lipinski definition) is 4. The molecule has 0 N–H and O–H groups in total. The quantitative estimate of drug-likeness (QED) is 0.422. The molecule has 0 aliphatic carbocycles. The number of pyridine rings is 1. The van der Waals surface area contributed by atoms with E-state index in [2.05, 4.69) is 4.98 Å². The molecule has 0 amide bonds. The molecule has 4 nitrogen and oxygen atoms in total. The summed E-state index contributed by atoms with van der Waals surface area (Å²) < 4.78 is 0. The summed E-state index contributed by atoms with van der Waals surface area (Å²) in [6.45, 7) is 0. The molecule has 1 aromatic heterocycles. The molecule has 0 spiro atoms. The molecule has 0 bridgehead atoms. The number of nitrogens with zero attached hydrogens (tertiary/aromatic N) is 2. The van der Waals surface area contributed by atoms with Crippen LogP contribution in [0.1, 0.15) is 0 Å². The molecule has 0 radical (unpaired) electrons. The van der Waals surface area contributed by atoms with Crippen LogP contribution in [0.4, 0.5) is 5.69 Å². The molecule has 0 saturated heterocycles. The second-order valence-electron chi connectivity index (χ2n) is 1.94. The number of hydrogen-bond donors (Lipinski definition) is 0. The molecule has 6 heteroatoms. The van der Waals surface area contributed by atoms with Gasteiger partial charge in [0.2, 0.25) is 0 Å². The van der Waals surface area contributed by atoms with Gasteiger partial charge in [-0.25, -0.2) is 4.98 Å². The van der Waals surface area contributed by atoms with E-state index in [1.54, 1.807) is 6.26 Å². The highest BCUT2D eigenvalue weighted by molar-refractivity contribution is 7.98. The van der Waals surface area contributed by atoms with Gasteiger partial charge < -0.3 is 0 Å². The zero-order chi connectivity index (χ0) is 9.14. The lowest BCUT2D eigenvalue weighted by molar-refractivity contribution is -0.385. The zero-order valence-electron chi connectivity index (χ0n) is 6.15. The molecule has 0 aromatic carbocycles. The van der Waals surface area contributed by atoms with Crippen molar-refractivity contribution >= 4 is 29.1 Å². The summed E-state index contributed by atoms with van der Waals surface area (Å²) >= 11 is 7.04. The van der Waals surface area contributed by atoms with Crippen molar-refractivity contribution in [3.8, 4) is 0 Å². The van der Waals surface area contributed by atoms with Crippen LogP contribution >= 0.6 is 23.4 Å². The van der Waals surface area contributed by atoms with E-state index >= 15 is 0 Å². The fourth-order valence-electron chi connectivity index (χ4n) is 0.665. The number of aromatic nitrogens is 1. The van der Waals surface area contributed by atoms with E-state index in [9.17, 15) is 10.1 Å². The summed E-state index contributed by atoms with van der Waals surface area (Å²) in [5.41, 5.74) is -0.0854. The summed E-state index contributed by atoms with van der Waals surface area (Å²) in [4.78, 5) is 13.5. The molecule has 1 heterocycles. The van der Waals surface area contributed by atoms with Crippen LogP contribution in [0.3, 0.4) is 0 Å². The lowest BCUT2D eigenvalue weighted by atomic mass is 10.4. The van der Waals surface area contributed by atoms with Crippen LogP contribution in [0, 0.1) is 10.1 Å². The van der Waals surface area contributed by atoms with Gasteiger partial charge in [0.1, 0.15) is 11.2 Å². The van der Waals surface area contributed by atoms with E-state index in [1.165, 1.54) is 24.0 Å². The fourth-order valence-corrected chi connectivity index (χ4v) is 1.47. The molecular formula is C6H5ClN2O2S. The molecule has 0 fully saturated rings. The Hall–Kier alpha value is -0.810. The monoisotopic (exact) mass is 204 g/mol. The summed E-state index contributed by atoms with van der Waals surface area (Å²) in [7, 11) is 0. The van der Waals surface area contributed by atoms with Crippen LogP contribution in [0.2, 0.25) is 5.02 Å². The smallest absolute Gasteiger partial charge is 0.258 e. The maximum absolute atomic E-state index is 10.3. The molecule has 1 aromatic rings. The Morgan fingerprint density at radius 2 is 2.42 bits per heavy atom. The molecular weight excluding hydrogens is 200 g/mol. The van der Waals surface area contributed by atoms with E-state index < -0.39 is 4.92 Å². The van der Waals surface area contributed by atoms with Gasteiger partial charge in [-0.3, -0.25) is 10.1 Å². The van der Waals surface area contributed by atoms with Crippen molar-refractivity contribution in [1.82, 2.24) is 4.98 Å². The Bertz CT molecular complexity index is 318. The average Bonchev–Trinajstić information content (AvgIpc) is 2.04. The number of rotatable bonds is 2. The molecule has 1 rings (SSSR count). The van der Waals surface area contributed by atoms with Crippen LogP contribution < -0.4 is 0 Å². The highest BCUT2D eigenvalue weighted by atomic mass is 35.5. The Labute approximate surface area is 78.1 Å². The first kappa shape index (κ1) is 9.28. The number of thioether (sulfide) groups is 1. The van der Waals surface area contributed by atoms with Crippen molar-refractivity contribution in [2.45, 2.75) is 5.03 Å². The lowest BCUT2D eigenvalue weighted by Gasteiger charge is -1.97. The highest BCUT2D eigenvalue weighted by Gasteiger charge is 2.09. The first-order valence-electron chi connectivity index (χ1n) is 2.99. The molecule has 0 atom stereocenters. The number of halogens is 1. The van der Waals surface area contributed by atoms with E-state index in [0.717, 1.165) is 0 Å². The van der Waals surface area contributed by atoms with Crippen LogP contribution in [0.25, 0.3) is 0 Å². The van der Waals surface area contributed by atoms with Gasteiger partial charge in [-0.15, -0.1) is 11.8 Å². The SMILES string of the molecule is CSc1ncc([N+](=O)[O-])cc1Cl. The summed E-state index contributed by atoms with van der Waals surface area (Å²) in [6.07, 6.45) is 3.00. The Morgan fingerprint density at radius 3 is 2.83 bits per heavy atom. The third-order valence-corrected chi connectivity index (χ3v) is 2.31. The maximum Gasteiger partial charge on any atom is 0.289 e. The van der Waals surface area contributed by atoms with Gasteiger partial charge in [-0.1, -0.05) is 11.6 Å². The van der Waals surface area contributed by atoms with Crippen molar-refractivity contribution in [1.29, 1.82) is 0 Å². The predicted octanol–water partition coefficient (Wildman–Crippen LogP) is 2.37. The largest absolute Gasteiger partial charge is 0.289 e. The molecule has 0 unspecified atom stereocenters. The first-order valence-corrected chi connectivity index (χ1v) is 4.59. The topological polar surface area (TPSA) is 56.0 Å². The van der Waals surface area contributed by atoms with Gasteiger partial charge in [0.15, 0.2) is 0 Å². The third kappa shape index (κ3) is 1.86. The maximum atomic E-state index is 10.3. The van der Waals surface area contributed by atoms with Crippen molar-refractivity contribution in [3.05, 3.63) is 27.4 Å². The second-order valence-corrected chi connectivity index (χ2v) is 3.14. The van der Waals surface area contributed by atoms with Gasteiger partial charge in [-0.2, -0.15) is 0 Å². The van der Waals surface area contributed by atoms with Crippen LogP contribution in [0.15, 0.2) is 17.3 Å². The van der Waals surface area contributed by atoms with Gasteiger partial charge in [0.25, 0.3) is 5.69 Å². The van der Waals surface area contributed by atoms with E-state index in [0.29, 0.717) is 10.0 Å². The standard InChI is InChI=1S/C6H5ClN2O2S/c1-12-6-5(7)2-4(3-8-6)9(10)11/h2-3H,1H3. The minimum absolute atomic E-state index is 0.0854. The first-order chi connectivity index (χ1) is 5.65. The van der Waals surface area contributed by atoms with E-state index in [4.69, 9.17) is 11.6 Å². The Balaban J connectivity index is 3.10. The minimum atomic E-state index is -0.525. The lowest BCUT2D eigenvalue weighted by Crippen LogP contribution is -1.90. The van der Waals surface area contributed by atoms with Crippen LogP contribution in [-0.2, 0) is 0 Å². The highest BCUT2D eigenvalue weighted by Crippen LogP contribution is 2.25. The fraction of sp³-hybridized carbons (Fsp3) is 0.167. The van der Waals surface area contributed by atoms with E-state index in [-0.39, 0.29) is 5.69 Å². The van der Waals surface area contributed by atoms with Crippen molar-refractivity contribution in [3.63, 3.8) is 0 Å². The van der Waals surface area contributed by atoms with Crippen molar-refractivity contribution in [2.24, 2.45) is 0 Å². The average molecular weight is 205 g/mol. The summed E-state index contributed by atoms with van der Waals surface area (Å²) in [5.74, 6) is 0. The van der Waals surface area contributed by atoms with Gasteiger partial charge in [0.05, 0.1) is 9.95 Å². The van der Waals surface area contributed by atoms with Crippen molar-refractivity contribution < 1.29 is 4.92 Å². The van der Waals surface area contributed by atoms with Gasteiger partial charge >= 0.3 is 0 Å². The molecule has 0 aliphatic rings. The molecule has 0 saturated carbocycles. The second kappa shape index (κ2) is 3.73. The summed E-state index contributed by atoms with van der Waals surface area (Å²) in [5, 5.41) is 11.2. The Kier molecular flexibility index (Phi) is 2.88.